The maximum atomic E-state index is 13.3. The molecule has 0 aliphatic rings. The van der Waals surface area contributed by atoms with Crippen LogP contribution in [0.15, 0.2) is 60.3 Å². The predicted octanol–water partition coefficient (Wildman–Crippen LogP) is 6.17. The number of carbonyl (C=O) groups excluding carboxylic acids is 1. The molecular formula is C22H21Cl2FN4O2S. The maximum absolute atomic E-state index is 13.3. The van der Waals surface area contributed by atoms with E-state index in [9.17, 15) is 9.18 Å². The van der Waals surface area contributed by atoms with Crippen molar-refractivity contribution in [1.29, 1.82) is 0 Å². The van der Waals surface area contributed by atoms with Crippen LogP contribution in [0, 0.1) is 5.82 Å². The van der Waals surface area contributed by atoms with Crippen molar-refractivity contribution < 1.29 is 13.9 Å². The van der Waals surface area contributed by atoms with Gasteiger partial charge in [-0.3, -0.25) is 9.36 Å². The van der Waals surface area contributed by atoms with E-state index in [0.29, 0.717) is 34.0 Å². The number of amides is 1. The van der Waals surface area contributed by atoms with Crippen molar-refractivity contribution in [3.8, 4) is 5.75 Å². The number of para-hydroxylation sites is 1. The molecule has 0 fully saturated rings. The Hall–Kier alpha value is -2.55. The first-order valence-corrected chi connectivity index (χ1v) is 11.3. The van der Waals surface area contributed by atoms with E-state index in [1.807, 2.05) is 23.6 Å². The lowest BCUT2D eigenvalue weighted by Gasteiger charge is -2.17. The zero-order valence-corrected chi connectivity index (χ0v) is 19.7. The Morgan fingerprint density at radius 1 is 1.25 bits per heavy atom. The molecule has 32 heavy (non-hydrogen) atoms. The van der Waals surface area contributed by atoms with Crippen LogP contribution in [0.25, 0.3) is 0 Å². The summed E-state index contributed by atoms with van der Waals surface area (Å²) in [7, 11) is 0. The molecule has 0 saturated carbocycles. The molecule has 0 aliphatic heterocycles. The minimum atomic E-state index is -0.551. The summed E-state index contributed by atoms with van der Waals surface area (Å²) in [6.45, 7) is 7.80. The third-order valence-electron chi connectivity index (χ3n) is 4.40. The first-order chi connectivity index (χ1) is 15.3. The molecule has 1 amide bonds. The van der Waals surface area contributed by atoms with Gasteiger partial charge < -0.3 is 10.1 Å². The average molecular weight is 495 g/mol. The van der Waals surface area contributed by atoms with Gasteiger partial charge in [0, 0.05) is 12.2 Å². The van der Waals surface area contributed by atoms with E-state index in [1.165, 1.54) is 30.0 Å². The van der Waals surface area contributed by atoms with Crippen LogP contribution in [0.2, 0.25) is 10.0 Å². The van der Waals surface area contributed by atoms with Gasteiger partial charge in [0.25, 0.3) is 0 Å². The Morgan fingerprint density at radius 2 is 2.00 bits per heavy atom. The summed E-state index contributed by atoms with van der Waals surface area (Å²) in [6.07, 6.45) is 1.27. The molecule has 2 unspecified atom stereocenters. The van der Waals surface area contributed by atoms with E-state index in [-0.39, 0.29) is 10.9 Å². The standard InChI is InChI=1S/C22H21Cl2FN4O2S/c1-4-11-29-20(13(2)31-19-8-6-5-7-16(19)23)27-28-22(29)32-14(3)21(30)26-15-9-10-18(25)17(24)12-15/h4-10,12-14H,1,11H2,2-3H3,(H,26,30). The molecule has 2 aromatic carbocycles. The molecule has 2 atom stereocenters. The van der Waals surface area contributed by atoms with E-state index in [1.54, 1.807) is 25.1 Å². The highest BCUT2D eigenvalue weighted by Crippen LogP contribution is 2.30. The number of hydrogen-bond acceptors (Lipinski definition) is 5. The Bertz CT molecular complexity index is 1130. The SMILES string of the molecule is C=CCn1c(SC(C)C(=O)Nc2ccc(F)c(Cl)c2)nnc1C(C)Oc1ccccc1Cl. The number of nitrogens with one attached hydrogen (secondary N) is 1. The molecule has 1 aromatic heterocycles. The smallest absolute Gasteiger partial charge is 0.237 e. The molecule has 1 N–H and O–H groups in total. The first kappa shape index (κ1) is 24.1. The van der Waals surface area contributed by atoms with Crippen LogP contribution < -0.4 is 10.1 Å². The van der Waals surface area contributed by atoms with Crippen molar-refractivity contribution in [2.24, 2.45) is 0 Å². The quantitative estimate of drug-likeness (QED) is 0.284. The number of anilines is 1. The minimum Gasteiger partial charge on any atom is -0.481 e. The van der Waals surface area contributed by atoms with Gasteiger partial charge in [-0.2, -0.15) is 0 Å². The number of thioether (sulfide) groups is 1. The Balaban J connectivity index is 1.73. The lowest BCUT2D eigenvalue weighted by atomic mass is 10.3. The van der Waals surface area contributed by atoms with Crippen LogP contribution in [0.3, 0.4) is 0 Å². The van der Waals surface area contributed by atoms with Crippen molar-refractivity contribution >= 4 is 46.6 Å². The van der Waals surface area contributed by atoms with Gasteiger partial charge >= 0.3 is 0 Å². The molecule has 1 heterocycles. The zero-order chi connectivity index (χ0) is 23.3. The van der Waals surface area contributed by atoms with Crippen molar-refractivity contribution in [2.75, 3.05) is 5.32 Å². The Kier molecular flexibility index (Phi) is 8.17. The van der Waals surface area contributed by atoms with Gasteiger partial charge in [0.05, 0.1) is 15.3 Å². The summed E-state index contributed by atoms with van der Waals surface area (Å²) >= 11 is 13.2. The number of hydrogen-bond donors (Lipinski definition) is 1. The average Bonchev–Trinajstić information content (AvgIpc) is 3.15. The van der Waals surface area contributed by atoms with E-state index in [4.69, 9.17) is 27.9 Å². The second-order valence-corrected chi connectivity index (χ2v) is 8.93. The Morgan fingerprint density at radius 3 is 2.69 bits per heavy atom. The Labute approximate surface area is 199 Å². The summed E-state index contributed by atoms with van der Waals surface area (Å²) in [5.41, 5.74) is 0.406. The van der Waals surface area contributed by atoms with Crippen LogP contribution >= 0.6 is 35.0 Å². The molecule has 0 spiro atoms. The van der Waals surface area contributed by atoms with E-state index in [0.717, 1.165) is 0 Å². The molecule has 0 radical (unpaired) electrons. The van der Waals surface area contributed by atoms with Crippen molar-refractivity contribution in [3.05, 3.63) is 76.8 Å². The molecule has 3 rings (SSSR count). The number of allylic oxidation sites excluding steroid dienone is 1. The summed E-state index contributed by atoms with van der Waals surface area (Å²) in [5, 5.41) is 11.7. The summed E-state index contributed by atoms with van der Waals surface area (Å²) < 4.78 is 21.1. The van der Waals surface area contributed by atoms with Crippen LogP contribution in [-0.2, 0) is 11.3 Å². The largest absolute Gasteiger partial charge is 0.481 e. The number of halogens is 3. The van der Waals surface area contributed by atoms with Gasteiger partial charge in [-0.15, -0.1) is 16.8 Å². The lowest BCUT2D eigenvalue weighted by Crippen LogP contribution is -2.23. The number of carbonyl (C=O) groups is 1. The lowest BCUT2D eigenvalue weighted by molar-refractivity contribution is -0.115. The van der Waals surface area contributed by atoms with Crippen LogP contribution in [0.1, 0.15) is 25.8 Å². The predicted molar refractivity (Wildman–Crippen MR) is 126 cm³/mol. The number of aromatic nitrogens is 3. The van der Waals surface area contributed by atoms with E-state index in [2.05, 4.69) is 22.1 Å². The molecule has 10 heteroatoms. The summed E-state index contributed by atoms with van der Waals surface area (Å²) in [4.78, 5) is 12.6. The first-order valence-electron chi connectivity index (χ1n) is 9.68. The van der Waals surface area contributed by atoms with E-state index < -0.39 is 17.2 Å². The third-order valence-corrected chi connectivity index (χ3v) is 6.08. The fraction of sp³-hybridized carbons (Fsp3) is 0.227. The fourth-order valence-corrected chi connectivity index (χ4v) is 4.03. The number of rotatable bonds is 9. The highest BCUT2D eigenvalue weighted by atomic mass is 35.5. The van der Waals surface area contributed by atoms with Gasteiger partial charge in [-0.1, -0.05) is 53.2 Å². The minimum absolute atomic E-state index is 0.0639. The monoisotopic (exact) mass is 494 g/mol. The molecule has 0 bridgehead atoms. The molecular weight excluding hydrogens is 474 g/mol. The van der Waals surface area contributed by atoms with Crippen LogP contribution in [-0.4, -0.2) is 25.9 Å². The van der Waals surface area contributed by atoms with Gasteiger partial charge in [-0.25, -0.2) is 4.39 Å². The summed E-state index contributed by atoms with van der Waals surface area (Å²) in [5.74, 6) is 0.276. The molecule has 3 aromatic rings. The second kappa shape index (κ2) is 10.8. The topological polar surface area (TPSA) is 69.0 Å². The number of benzene rings is 2. The van der Waals surface area contributed by atoms with Crippen molar-refractivity contribution in [2.45, 2.75) is 36.9 Å². The number of nitrogens with zero attached hydrogens (tertiary/aromatic N) is 3. The van der Waals surface area contributed by atoms with Crippen LogP contribution in [0.4, 0.5) is 10.1 Å². The molecule has 168 valence electrons. The van der Waals surface area contributed by atoms with Crippen LogP contribution in [0.5, 0.6) is 5.75 Å². The third kappa shape index (κ3) is 5.82. The molecule has 0 aliphatic carbocycles. The van der Waals surface area contributed by atoms with Gasteiger partial charge in [0.1, 0.15) is 11.6 Å². The molecule has 6 nitrogen and oxygen atoms in total. The number of ether oxygens (including phenoxy) is 1. The molecule has 0 saturated heterocycles. The maximum Gasteiger partial charge on any atom is 0.237 e. The van der Waals surface area contributed by atoms with Crippen molar-refractivity contribution in [1.82, 2.24) is 14.8 Å². The van der Waals surface area contributed by atoms with Gasteiger partial charge in [0.15, 0.2) is 17.1 Å². The van der Waals surface area contributed by atoms with Gasteiger partial charge in [-0.05, 0) is 44.2 Å². The summed E-state index contributed by atoms with van der Waals surface area (Å²) in [6, 6.07) is 11.2. The van der Waals surface area contributed by atoms with E-state index >= 15 is 0 Å². The highest BCUT2D eigenvalue weighted by Gasteiger charge is 2.23. The van der Waals surface area contributed by atoms with Gasteiger partial charge in [0.2, 0.25) is 5.91 Å². The highest BCUT2D eigenvalue weighted by molar-refractivity contribution is 8.00. The fourth-order valence-electron chi connectivity index (χ4n) is 2.80. The zero-order valence-electron chi connectivity index (χ0n) is 17.4. The van der Waals surface area contributed by atoms with Crippen molar-refractivity contribution in [3.63, 3.8) is 0 Å². The normalized spacial score (nSPS) is 12.8. The second-order valence-electron chi connectivity index (χ2n) is 6.81.